The molecule has 2 aromatic heterocycles. The molecule has 0 atom stereocenters. The highest BCUT2D eigenvalue weighted by atomic mass is 35.5. The Morgan fingerprint density at radius 1 is 1.47 bits per heavy atom. The van der Waals surface area contributed by atoms with Crippen LogP contribution in [0.15, 0.2) is 34.7 Å². The van der Waals surface area contributed by atoms with E-state index < -0.39 is 0 Å². The first kappa shape index (κ1) is 10.3. The largest absolute Gasteiger partial charge is 0.394 e. The van der Waals surface area contributed by atoms with Gasteiger partial charge in [-0.05, 0) is 11.4 Å². The van der Waals surface area contributed by atoms with Crippen molar-refractivity contribution in [2.75, 3.05) is 5.73 Å². The fourth-order valence-electron chi connectivity index (χ4n) is 1.27. The molecule has 0 spiro atoms. The highest BCUT2D eigenvalue weighted by Gasteiger charge is 2.02. The smallest absolute Gasteiger partial charge is 0.204 e. The van der Waals surface area contributed by atoms with Crippen molar-refractivity contribution in [1.29, 1.82) is 0 Å². The summed E-state index contributed by atoms with van der Waals surface area (Å²) in [6, 6.07) is 3.41. The van der Waals surface area contributed by atoms with E-state index in [1.807, 2.05) is 16.0 Å². The van der Waals surface area contributed by atoms with Gasteiger partial charge in [-0.3, -0.25) is 4.79 Å². The molecule has 2 heterocycles. The van der Waals surface area contributed by atoms with Crippen molar-refractivity contribution >= 4 is 28.6 Å². The minimum Gasteiger partial charge on any atom is -0.394 e. The van der Waals surface area contributed by atoms with E-state index in [9.17, 15) is 4.79 Å². The third-order valence-corrected chi connectivity index (χ3v) is 3.30. The van der Waals surface area contributed by atoms with Gasteiger partial charge in [-0.25, -0.2) is 0 Å². The quantitative estimate of drug-likeness (QED) is 0.875. The zero-order valence-corrected chi connectivity index (χ0v) is 9.39. The van der Waals surface area contributed by atoms with E-state index >= 15 is 0 Å². The maximum Gasteiger partial charge on any atom is 0.204 e. The first-order valence-electron chi connectivity index (χ1n) is 4.34. The van der Waals surface area contributed by atoms with E-state index in [2.05, 4.69) is 0 Å². The molecule has 3 nitrogen and oxygen atoms in total. The molecule has 2 aromatic rings. The van der Waals surface area contributed by atoms with Crippen LogP contribution in [0.5, 0.6) is 0 Å². The first-order valence-corrected chi connectivity index (χ1v) is 5.60. The number of pyridine rings is 1. The summed E-state index contributed by atoms with van der Waals surface area (Å²) < 4.78 is 2.61. The van der Waals surface area contributed by atoms with Gasteiger partial charge in [0.05, 0.1) is 10.0 Å². The predicted octanol–water partition coefficient (Wildman–Crippen LogP) is 2.19. The van der Waals surface area contributed by atoms with Gasteiger partial charge in [-0.2, -0.15) is 0 Å². The summed E-state index contributed by atoms with van der Waals surface area (Å²) in [5.41, 5.74) is 6.66. The normalized spacial score (nSPS) is 10.5. The lowest BCUT2D eigenvalue weighted by Crippen LogP contribution is -2.11. The van der Waals surface area contributed by atoms with Gasteiger partial charge in [0, 0.05) is 30.6 Å². The summed E-state index contributed by atoms with van der Waals surface area (Å²) in [5.74, 6) is 0. The SMILES string of the molecule is Nc1cn(Cc2ccsc2Cl)ccc1=O. The summed E-state index contributed by atoms with van der Waals surface area (Å²) >= 11 is 7.46. The minimum absolute atomic E-state index is 0.150. The van der Waals surface area contributed by atoms with Crippen LogP contribution in [-0.2, 0) is 6.54 Å². The zero-order valence-electron chi connectivity index (χ0n) is 7.81. The molecule has 0 unspecified atom stereocenters. The predicted molar refractivity (Wildman–Crippen MR) is 63.5 cm³/mol. The molecule has 0 aliphatic heterocycles. The van der Waals surface area contributed by atoms with Crippen LogP contribution in [0.4, 0.5) is 5.69 Å². The maximum absolute atomic E-state index is 11.1. The minimum atomic E-state index is -0.150. The Morgan fingerprint density at radius 3 is 2.87 bits per heavy atom. The van der Waals surface area contributed by atoms with Crippen LogP contribution < -0.4 is 11.2 Å². The van der Waals surface area contributed by atoms with Crippen molar-refractivity contribution in [3.05, 3.63) is 50.0 Å². The number of anilines is 1. The van der Waals surface area contributed by atoms with E-state index in [4.69, 9.17) is 17.3 Å². The fraction of sp³-hybridized carbons (Fsp3) is 0.100. The lowest BCUT2D eigenvalue weighted by Gasteiger charge is -2.05. The van der Waals surface area contributed by atoms with Crippen LogP contribution >= 0.6 is 22.9 Å². The zero-order chi connectivity index (χ0) is 10.8. The molecule has 0 fully saturated rings. The summed E-state index contributed by atoms with van der Waals surface area (Å²) in [5, 5.41) is 1.93. The number of nitrogens with zero attached hydrogens (tertiary/aromatic N) is 1. The van der Waals surface area contributed by atoms with Gasteiger partial charge >= 0.3 is 0 Å². The van der Waals surface area contributed by atoms with Crippen LogP contribution in [0.2, 0.25) is 4.34 Å². The van der Waals surface area contributed by atoms with Crippen LogP contribution in [0.1, 0.15) is 5.56 Å². The number of nitrogen functional groups attached to an aromatic ring is 1. The molecule has 15 heavy (non-hydrogen) atoms. The van der Waals surface area contributed by atoms with Crippen LogP contribution in [-0.4, -0.2) is 4.57 Å². The molecule has 0 aliphatic rings. The molecule has 5 heteroatoms. The number of hydrogen-bond acceptors (Lipinski definition) is 3. The Labute approximate surface area is 95.7 Å². The van der Waals surface area contributed by atoms with Gasteiger partial charge in [0.15, 0.2) is 0 Å². The molecule has 0 amide bonds. The number of hydrogen-bond donors (Lipinski definition) is 1. The van der Waals surface area contributed by atoms with Crippen molar-refractivity contribution in [1.82, 2.24) is 4.57 Å². The second-order valence-electron chi connectivity index (χ2n) is 3.16. The second kappa shape index (κ2) is 4.08. The number of rotatable bonds is 2. The van der Waals surface area contributed by atoms with Gasteiger partial charge in [0.1, 0.15) is 0 Å². The van der Waals surface area contributed by atoms with Gasteiger partial charge in [0.25, 0.3) is 0 Å². The second-order valence-corrected chi connectivity index (χ2v) is 4.67. The first-order chi connectivity index (χ1) is 7.16. The molecule has 0 bridgehead atoms. The Balaban J connectivity index is 2.29. The van der Waals surface area contributed by atoms with Gasteiger partial charge in [0.2, 0.25) is 5.43 Å². The van der Waals surface area contributed by atoms with E-state index in [0.29, 0.717) is 6.54 Å². The van der Waals surface area contributed by atoms with Crippen molar-refractivity contribution in [2.45, 2.75) is 6.54 Å². The Kier molecular flexibility index (Phi) is 2.79. The molecule has 0 aliphatic carbocycles. The third-order valence-electron chi connectivity index (χ3n) is 2.05. The van der Waals surface area contributed by atoms with E-state index in [-0.39, 0.29) is 11.1 Å². The average molecular weight is 241 g/mol. The molecule has 0 saturated carbocycles. The molecule has 0 aromatic carbocycles. The molecule has 78 valence electrons. The molecular formula is C10H9ClN2OS. The lowest BCUT2D eigenvalue weighted by molar-refractivity contribution is 0.794. The lowest BCUT2D eigenvalue weighted by atomic mass is 10.3. The Morgan fingerprint density at radius 2 is 2.27 bits per heavy atom. The Hall–Kier alpha value is -1.26. The van der Waals surface area contributed by atoms with Crippen molar-refractivity contribution < 1.29 is 0 Å². The highest BCUT2D eigenvalue weighted by molar-refractivity contribution is 7.14. The fourth-order valence-corrected chi connectivity index (χ4v) is 2.18. The van der Waals surface area contributed by atoms with E-state index in [0.717, 1.165) is 9.90 Å². The number of aromatic nitrogens is 1. The number of halogens is 1. The summed E-state index contributed by atoms with van der Waals surface area (Å²) in [6.45, 7) is 0.632. The van der Waals surface area contributed by atoms with Gasteiger partial charge < -0.3 is 10.3 Å². The molecule has 2 N–H and O–H groups in total. The number of nitrogens with two attached hydrogens (primary N) is 1. The van der Waals surface area contributed by atoms with Crippen molar-refractivity contribution in [3.63, 3.8) is 0 Å². The summed E-state index contributed by atoms with van der Waals surface area (Å²) in [6.07, 6.45) is 3.32. The van der Waals surface area contributed by atoms with Crippen LogP contribution in [0, 0.1) is 0 Å². The van der Waals surface area contributed by atoms with E-state index in [1.165, 1.54) is 17.4 Å². The third kappa shape index (κ3) is 2.22. The Bertz CT molecular complexity index is 532. The molecule has 0 saturated heterocycles. The molecule has 0 radical (unpaired) electrons. The topological polar surface area (TPSA) is 48.0 Å². The standard InChI is InChI=1S/C10H9ClN2OS/c11-10-7(2-4-15-10)5-13-3-1-9(14)8(12)6-13/h1-4,6H,5,12H2. The van der Waals surface area contributed by atoms with Gasteiger partial charge in [-0.1, -0.05) is 11.6 Å². The molecular weight excluding hydrogens is 232 g/mol. The molecule has 2 rings (SSSR count). The average Bonchev–Trinajstić information content (AvgIpc) is 2.59. The van der Waals surface area contributed by atoms with Gasteiger partial charge in [-0.15, -0.1) is 11.3 Å². The monoisotopic (exact) mass is 240 g/mol. The summed E-state index contributed by atoms with van der Waals surface area (Å²) in [7, 11) is 0. The summed E-state index contributed by atoms with van der Waals surface area (Å²) in [4.78, 5) is 11.1. The number of thiophene rings is 1. The van der Waals surface area contributed by atoms with Crippen LogP contribution in [0.25, 0.3) is 0 Å². The maximum atomic E-state index is 11.1. The van der Waals surface area contributed by atoms with Crippen molar-refractivity contribution in [3.8, 4) is 0 Å². The van der Waals surface area contributed by atoms with Crippen molar-refractivity contribution in [2.24, 2.45) is 0 Å². The van der Waals surface area contributed by atoms with E-state index in [1.54, 1.807) is 12.4 Å². The van der Waals surface area contributed by atoms with Crippen LogP contribution in [0.3, 0.4) is 0 Å². The highest BCUT2D eigenvalue weighted by Crippen LogP contribution is 2.23.